The molecule has 0 aliphatic carbocycles. The maximum absolute atomic E-state index is 12.8. The van der Waals surface area contributed by atoms with Crippen molar-refractivity contribution in [2.75, 3.05) is 26.2 Å². The number of pyridine rings is 1. The summed E-state index contributed by atoms with van der Waals surface area (Å²) in [6.45, 7) is 7.40. The first kappa shape index (κ1) is 18.8. The van der Waals surface area contributed by atoms with Gasteiger partial charge in [-0.1, -0.05) is 6.42 Å². The van der Waals surface area contributed by atoms with Gasteiger partial charge in [0, 0.05) is 12.6 Å². The number of piperidine rings is 1. The van der Waals surface area contributed by atoms with Crippen LogP contribution in [0.1, 0.15) is 55.9 Å². The molecule has 0 radical (unpaired) electrons. The van der Waals surface area contributed by atoms with E-state index in [4.69, 9.17) is 0 Å². The molecule has 0 saturated carbocycles. The molecule has 0 spiro atoms. The van der Waals surface area contributed by atoms with E-state index in [1.54, 1.807) is 5.51 Å². The number of carbonyl (C=O) groups is 1. The lowest BCUT2D eigenvalue weighted by atomic mass is 10.1. The van der Waals surface area contributed by atoms with Crippen molar-refractivity contribution in [2.24, 2.45) is 0 Å². The number of nitrogens with zero attached hydrogens (tertiary/aromatic N) is 3. The van der Waals surface area contributed by atoms with E-state index in [9.17, 15) is 14.7 Å². The monoisotopic (exact) mass is 378 g/mol. The number of carbonyl (C=O) groups excluding carboxylic acids is 1. The fraction of sp³-hybridized carbons (Fsp3) is 0.611. The molecule has 1 aliphatic rings. The summed E-state index contributed by atoms with van der Waals surface area (Å²) in [7, 11) is 0. The largest absolute Gasteiger partial charge is 0.505 e. The Balaban J connectivity index is 1.72. The second-order valence-electron chi connectivity index (χ2n) is 7.01. The Morgan fingerprint density at radius 1 is 1.35 bits per heavy atom. The highest BCUT2D eigenvalue weighted by Gasteiger charge is 2.24. The van der Waals surface area contributed by atoms with E-state index < -0.39 is 11.5 Å². The van der Waals surface area contributed by atoms with E-state index >= 15 is 0 Å². The van der Waals surface area contributed by atoms with Crippen LogP contribution >= 0.6 is 11.3 Å². The number of hydrogen-bond acceptors (Lipinski definition) is 6. The van der Waals surface area contributed by atoms with Crippen LogP contribution in [0.25, 0.3) is 10.3 Å². The second kappa shape index (κ2) is 8.18. The van der Waals surface area contributed by atoms with Gasteiger partial charge in [-0.25, -0.2) is 4.98 Å². The zero-order valence-corrected chi connectivity index (χ0v) is 16.1. The van der Waals surface area contributed by atoms with Gasteiger partial charge in [0.1, 0.15) is 15.9 Å². The molecule has 1 aliphatic heterocycles. The molecular formula is C18H26N4O3S. The van der Waals surface area contributed by atoms with Gasteiger partial charge in [0.15, 0.2) is 5.75 Å². The standard InChI is InChI=1S/C18H26N4O3S/c1-12(2)22-17(25)13(15(23)14-18(22)26-11-20-14)16(24)19-7-6-10-21-8-4-3-5-9-21/h11-12,23H,3-10H2,1-2H3,(H,19,24). The van der Waals surface area contributed by atoms with Gasteiger partial charge in [0.2, 0.25) is 0 Å². The SMILES string of the molecule is CC(C)n1c(=O)c(C(=O)NCCCN2CCCCC2)c(O)c2ncsc21. The van der Waals surface area contributed by atoms with Crippen LogP contribution in [0.4, 0.5) is 0 Å². The predicted octanol–water partition coefficient (Wildman–Crippen LogP) is 2.35. The molecule has 0 atom stereocenters. The van der Waals surface area contributed by atoms with Gasteiger partial charge < -0.3 is 15.3 Å². The van der Waals surface area contributed by atoms with Crippen molar-refractivity contribution in [1.29, 1.82) is 0 Å². The van der Waals surface area contributed by atoms with Crippen LogP contribution in [0, 0.1) is 0 Å². The van der Waals surface area contributed by atoms with Crippen molar-refractivity contribution in [3.05, 3.63) is 21.4 Å². The van der Waals surface area contributed by atoms with Crippen molar-refractivity contribution in [3.63, 3.8) is 0 Å². The summed E-state index contributed by atoms with van der Waals surface area (Å²) in [6.07, 6.45) is 4.60. The Bertz CT molecular complexity index is 837. The number of rotatable bonds is 6. The van der Waals surface area contributed by atoms with Crippen molar-refractivity contribution in [1.82, 2.24) is 19.8 Å². The molecule has 3 heterocycles. The van der Waals surface area contributed by atoms with Crippen molar-refractivity contribution < 1.29 is 9.90 Å². The number of aromatic nitrogens is 2. The quantitative estimate of drug-likeness (QED) is 0.754. The molecule has 7 nitrogen and oxygen atoms in total. The minimum Gasteiger partial charge on any atom is -0.505 e. The number of fused-ring (bicyclic) bond motifs is 1. The fourth-order valence-electron chi connectivity index (χ4n) is 3.46. The number of likely N-dealkylation sites (tertiary alicyclic amines) is 1. The highest BCUT2D eigenvalue weighted by molar-refractivity contribution is 7.16. The molecule has 26 heavy (non-hydrogen) atoms. The Labute approximate surface area is 156 Å². The normalized spacial score (nSPS) is 15.7. The number of aromatic hydroxyl groups is 1. The maximum atomic E-state index is 12.8. The zero-order chi connectivity index (χ0) is 18.7. The van der Waals surface area contributed by atoms with Gasteiger partial charge in [-0.2, -0.15) is 0 Å². The molecule has 142 valence electrons. The third-order valence-corrected chi connectivity index (χ3v) is 5.61. The lowest BCUT2D eigenvalue weighted by Gasteiger charge is -2.26. The van der Waals surface area contributed by atoms with Crippen LogP contribution in [0.2, 0.25) is 0 Å². The van der Waals surface area contributed by atoms with Gasteiger partial charge >= 0.3 is 0 Å². The van der Waals surface area contributed by atoms with Crippen LogP contribution in [0.5, 0.6) is 5.75 Å². The van der Waals surface area contributed by atoms with E-state index in [1.807, 2.05) is 13.8 Å². The number of thiazole rings is 1. The topological polar surface area (TPSA) is 87.5 Å². The molecular weight excluding hydrogens is 352 g/mol. The van der Waals surface area contributed by atoms with Crippen LogP contribution in [0.15, 0.2) is 10.3 Å². The molecule has 0 bridgehead atoms. The molecule has 8 heteroatoms. The summed E-state index contributed by atoms with van der Waals surface area (Å²) in [5.41, 5.74) is 1.20. The summed E-state index contributed by atoms with van der Waals surface area (Å²) in [5, 5.41) is 13.2. The first-order valence-corrected chi connectivity index (χ1v) is 10.1. The van der Waals surface area contributed by atoms with Gasteiger partial charge in [-0.3, -0.25) is 14.2 Å². The van der Waals surface area contributed by atoms with E-state index in [0.29, 0.717) is 16.9 Å². The minimum atomic E-state index is -0.532. The molecule has 1 amide bonds. The van der Waals surface area contributed by atoms with E-state index in [-0.39, 0.29) is 17.4 Å². The molecule has 2 aromatic rings. The van der Waals surface area contributed by atoms with Crippen LogP contribution in [-0.2, 0) is 0 Å². The lowest BCUT2D eigenvalue weighted by molar-refractivity contribution is 0.0946. The Kier molecular flexibility index (Phi) is 5.93. The molecule has 1 saturated heterocycles. The second-order valence-corrected chi connectivity index (χ2v) is 7.84. The first-order valence-electron chi connectivity index (χ1n) is 9.22. The maximum Gasteiger partial charge on any atom is 0.268 e. The smallest absolute Gasteiger partial charge is 0.268 e. The van der Waals surface area contributed by atoms with E-state index in [1.165, 1.54) is 35.2 Å². The van der Waals surface area contributed by atoms with Gasteiger partial charge in [0.25, 0.3) is 11.5 Å². The molecule has 2 N–H and O–H groups in total. The highest BCUT2D eigenvalue weighted by Crippen LogP contribution is 2.29. The Morgan fingerprint density at radius 2 is 2.08 bits per heavy atom. The summed E-state index contributed by atoms with van der Waals surface area (Å²) in [6, 6.07) is -0.128. The zero-order valence-electron chi connectivity index (χ0n) is 15.3. The van der Waals surface area contributed by atoms with Gasteiger partial charge in [0.05, 0.1) is 5.51 Å². The Morgan fingerprint density at radius 3 is 2.77 bits per heavy atom. The van der Waals surface area contributed by atoms with Crippen LogP contribution in [-0.4, -0.2) is 51.6 Å². The van der Waals surface area contributed by atoms with Crippen LogP contribution < -0.4 is 10.9 Å². The lowest BCUT2D eigenvalue weighted by Crippen LogP contribution is -2.36. The minimum absolute atomic E-state index is 0.128. The summed E-state index contributed by atoms with van der Waals surface area (Å²) in [4.78, 5) is 32.4. The highest BCUT2D eigenvalue weighted by atomic mass is 32.1. The predicted molar refractivity (Wildman–Crippen MR) is 103 cm³/mol. The fourth-order valence-corrected chi connectivity index (χ4v) is 4.38. The van der Waals surface area contributed by atoms with Crippen molar-refractivity contribution in [3.8, 4) is 5.75 Å². The van der Waals surface area contributed by atoms with Gasteiger partial charge in [-0.15, -0.1) is 11.3 Å². The van der Waals surface area contributed by atoms with Crippen molar-refractivity contribution >= 4 is 27.6 Å². The molecule has 2 aromatic heterocycles. The van der Waals surface area contributed by atoms with E-state index in [0.717, 1.165) is 26.1 Å². The average Bonchev–Trinajstić information content (AvgIpc) is 3.09. The van der Waals surface area contributed by atoms with Crippen molar-refractivity contribution in [2.45, 2.75) is 45.6 Å². The summed E-state index contributed by atoms with van der Waals surface area (Å²) >= 11 is 1.28. The Hall–Kier alpha value is -1.93. The molecule has 0 aromatic carbocycles. The third-order valence-electron chi connectivity index (χ3n) is 4.79. The molecule has 0 unspecified atom stereocenters. The first-order chi connectivity index (χ1) is 12.5. The molecule has 3 rings (SSSR count). The third kappa shape index (κ3) is 3.76. The number of nitrogens with one attached hydrogen (secondary N) is 1. The van der Waals surface area contributed by atoms with Crippen LogP contribution in [0.3, 0.4) is 0 Å². The number of amides is 1. The van der Waals surface area contributed by atoms with E-state index in [2.05, 4.69) is 15.2 Å². The summed E-state index contributed by atoms with van der Waals surface area (Å²) in [5.74, 6) is -0.855. The molecule has 1 fully saturated rings. The number of hydrogen-bond donors (Lipinski definition) is 2. The average molecular weight is 378 g/mol. The van der Waals surface area contributed by atoms with Gasteiger partial charge in [-0.05, 0) is 52.7 Å². The summed E-state index contributed by atoms with van der Waals surface area (Å²) < 4.78 is 1.52.